The number of hydrogen-bond donors (Lipinski definition) is 1. The average Bonchev–Trinajstić information content (AvgIpc) is 1.68. The van der Waals surface area contributed by atoms with Crippen LogP contribution in [0.15, 0.2) is 0 Å². The Hall–Kier alpha value is -0.0800. The smallest absolute Gasteiger partial charge is 0.0614 e. The molecule has 0 rings (SSSR count). The molecule has 0 heterocycles. The highest BCUT2D eigenvalue weighted by atomic mass is 16.3. The molecule has 0 fully saturated rings. The summed E-state index contributed by atoms with van der Waals surface area (Å²) in [5, 5.41) is 9.13. The maximum atomic E-state index is 9.13. The minimum atomic E-state index is -0.417. The van der Waals surface area contributed by atoms with Gasteiger partial charge in [0.15, 0.2) is 0 Å². The van der Waals surface area contributed by atoms with Crippen LogP contribution in [0.5, 0.6) is 0 Å². The van der Waals surface area contributed by atoms with Crippen molar-refractivity contribution in [2.24, 2.45) is 0 Å². The Morgan fingerprint density at radius 1 is 1.25 bits per heavy atom. The SMILES string of the molecule is CCC(C)(O)CC.O. The van der Waals surface area contributed by atoms with E-state index in [0.717, 1.165) is 12.8 Å². The Morgan fingerprint density at radius 2 is 1.50 bits per heavy atom. The van der Waals surface area contributed by atoms with Gasteiger partial charge in [0.25, 0.3) is 0 Å². The molecule has 8 heavy (non-hydrogen) atoms. The normalized spacial score (nSPS) is 10.5. The Morgan fingerprint density at radius 3 is 1.50 bits per heavy atom. The molecule has 0 unspecified atom stereocenters. The molecule has 0 aliphatic heterocycles. The standard InChI is InChI=1S/C6H14O.H2O/c1-4-6(3,7)5-2;/h7H,4-5H2,1-3H3;1H2. The second kappa shape index (κ2) is 3.87. The van der Waals surface area contributed by atoms with Crippen LogP contribution in [0.4, 0.5) is 0 Å². The van der Waals surface area contributed by atoms with E-state index in [-0.39, 0.29) is 5.48 Å². The summed E-state index contributed by atoms with van der Waals surface area (Å²) in [6.07, 6.45) is 1.70. The van der Waals surface area contributed by atoms with E-state index in [4.69, 9.17) is 5.11 Å². The molecule has 3 N–H and O–H groups in total. The third-order valence-corrected chi connectivity index (χ3v) is 1.52. The van der Waals surface area contributed by atoms with Gasteiger partial charge in [-0.05, 0) is 19.8 Å². The van der Waals surface area contributed by atoms with E-state index in [0.29, 0.717) is 0 Å². The van der Waals surface area contributed by atoms with Crippen LogP contribution in [-0.2, 0) is 0 Å². The highest BCUT2D eigenvalue weighted by Gasteiger charge is 2.12. The molecule has 0 atom stereocenters. The summed E-state index contributed by atoms with van der Waals surface area (Å²) in [5.41, 5.74) is -0.417. The van der Waals surface area contributed by atoms with Crippen molar-refractivity contribution in [3.63, 3.8) is 0 Å². The van der Waals surface area contributed by atoms with Gasteiger partial charge in [-0.25, -0.2) is 0 Å². The first-order valence-corrected chi connectivity index (χ1v) is 2.84. The molecule has 52 valence electrons. The van der Waals surface area contributed by atoms with Crippen molar-refractivity contribution in [2.45, 2.75) is 39.2 Å². The van der Waals surface area contributed by atoms with E-state index in [9.17, 15) is 0 Å². The highest BCUT2D eigenvalue weighted by molar-refractivity contribution is 4.65. The third-order valence-electron chi connectivity index (χ3n) is 1.52. The zero-order valence-corrected chi connectivity index (χ0v) is 5.86. The second-order valence-electron chi connectivity index (χ2n) is 2.20. The van der Waals surface area contributed by atoms with E-state index in [1.807, 2.05) is 20.8 Å². The molecule has 0 aliphatic carbocycles. The van der Waals surface area contributed by atoms with Crippen molar-refractivity contribution in [1.29, 1.82) is 0 Å². The number of rotatable bonds is 2. The molecular formula is C6H16O2. The zero-order valence-electron chi connectivity index (χ0n) is 5.86. The van der Waals surface area contributed by atoms with Gasteiger partial charge in [-0.15, -0.1) is 0 Å². The van der Waals surface area contributed by atoms with Gasteiger partial charge in [-0.3, -0.25) is 0 Å². The van der Waals surface area contributed by atoms with Crippen LogP contribution in [-0.4, -0.2) is 16.2 Å². The van der Waals surface area contributed by atoms with Gasteiger partial charge >= 0.3 is 0 Å². The maximum absolute atomic E-state index is 9.13. The molecule has 0 saturated carbocycles. The van der Waals surface area contributed by atoms with Gasteiger partial charge in [0, 0.05) is 0 Å². The lowest BCUT2D eigenvalue weighted by Gasteiger charge is -2.17. The second-order valence-corrected chi connectivity index (χ2v) is 2.20. The van der Waals surface area contributed by atoms with Crippen molar-refractivity contribution in [2.75, 3.05) is 0 Å². The van der Waals surface area contributed by atoms with Crippen molar-refractivity contribution < 1.29 is 10.6 Å². The topological polar surface area (TPSA) is 51.7 Å². The molecule has 0 spiro atoms. The van der Waals surface area contributed by atoms with Crippen LogP contribution in [0, 0.1) is 0 Å². The summed E-state index contributed by atoms with van der Waals surface area (Å²) < 4.78 is 0. The van der Waals surface area contributed by atoms with E-state index in [1.165, 1.54) is 0 Å². The van der Waals surface area contributed by atoms with Gasteiger partial charge in [-0.1, -0.05) is 13.8 Å². The molecule has 0 aromatic carbocycles. The largest absolute Gasteiger partial charge is 0.412 e. The monoisotopic (exact) mass is 120 g/mol. The summed E-state index contributed by atoms with van der Waals surface area (Å²) in [7, 11) is 0. The van der Waals surface area contributed by atoms with Crippen molar-refractivity contribution >= 4 is 0 Å². The Balaban J connectivity index is 0. The van der Waals surface area contributed by atoms with Crippen LogP contribution >= 0.6 is 0 Å². The molecule has 0 bridgehead atoms. The molecule has 0 radical (unpaired) electrons. The predicted molar refractivity (Wildman–Crippen MR) is 34.8 cm³/mol. The van der Waals surface area contributed by atoms with E-state index < -0.39 is 5.60 Å². The van der Waals surface area contributed by atoms with E-state index in [1.54, 1.807) is 0 Å². The van der Waals surface area contributed by atoms with Crippen molar-refractivity contribution in [3.05, 3.63) is 0 Å². The lowest BCUT2D eigenvalue weighted by atomic mass is 10.0. The summed E-state index contributed by atoms with van der Waals surface area (Å²) in [4.78, 5) is 0. The van der Waals surface area contributed by atoms with Gasteiger partial charge in [-0.2, -0.15) is 0 Å². The third kappa shape index (κ3) is 4.09. The van der Waals surface area contributed by atoms with Crippen molar-refractivity contribution in [1.82, 2.24) is 0 Å². The number of hydrogen-bond acceptors (Lipinski definition) is 1. The fourth-order valence-corrected chi connectivity index (χ4v) is 0.250. The average molecular weight is 120 g/mol. The van der Waals surface area contributed by atoms with Gasteiger partial charge in [0.05, 0.1) is 5.60 Å². The van der Waals surface area contributed by atoms with Crippen LogP contribution in [0.25, 0.3) is 0 Å². The van der Waals surface area contributed by atoms with Gasteiger partial charge < -0.3 is 10.6 Å². The van der Waals surface area contributed by atoms with Crippen LogP contribution in [0.2, 0.25) is 0 Å². The van der Waals surface area contributed by atoms with Crippen LogP contribution in [0.3, 0.4) is 0 Å². The van der Waals surface area contributed by atoms with E-state index in [2.05, 4.69) is 0 Å². The Bertz CT molecular complexity index is 44.5. The molecule has 0 aliphatic rings. The lowest BCUT2D eigenvalue weighted by molar-refractivity contribution is 0.0521. The minimum absolute atomic E-state index is 0. The van der Waals surface area contributed by atoms with Crippen LogP contribution in [0.1, 0.15) is 33.6 Å². The maximum Gasteiger partial charge on any atom is 0.0614 e. The van der Waals surface area contributed by atoms with Gasteiger partial charge in [0.1, 0.15) is 0 Å². The first-order valence-electron chi connectivity index (χ1n) is 2.84. The molecule has 2 nitrogen and oxygen atoms in total. The zero-order chi connectivity index (χ0) is 5.91. The lowest BCUT2D eigenvalue weighted by Crippen LogP contribution is -2.20. The fraction of sp³-hybridized carbons (Fsp3) is 1.00. The predicted octanol–water partition coefficient (Wildman–Crippen LogP) is 0.733. The molecule has 0 amide bonds. The van der Waals surface area contributed by atoms with Gasteiger partial charge in [0.2, 0.25) is 0 Å². The quantitative estimate of drug-likeness (QED) is 0.574. The Kier molecular flexibility index (Phi) is 5.23. The molecule has 0 aromatic heterocycles. The van der Waals surface area contributed by atoms with Crippen LogP contribution < -0.4 is 0 Å². The Labute approximate surface area is 50.8 Å². The molecule has 0 saturated heterocycles. The minimum Gasteiger partial charge on any atom is -0.412 e. The molecule has 0 aromatic rings. The first kappa shape index (κ1) is 10.8. The summed E-state index contributed by atoms with van der Waals surface area (Å²) in [5.74, 6) is 0. The van der Waals surface area contributed by atoms with E-state index >= 15 is 0 Å². The summed E-state index contributed by atoms with van der Waals surface area (Å²) >= 11 is 0. The fourth-order valence-electron chi connectivity index (χ4n) is 0.250. The first-order chi connectivity index (χ1) is 3.12. The molecule has 2 heteroatoms. The number of aliphatic hydroxyl groups is 1. The summed E-state index contributed by atoms with van der Waals surface area (Å²) in [6, 6.07) is 0. The summed E-state index contributed by atoms with van der Waals surface area (Å²) in [6.45, 7) is 5.83. The van der Waals surface area contributed by atoms with Crippen molar-refractivity contribution in [3.8, 4) is 0 Å². The molecular weight excluding hydrogens is 104 g/mol. The highest BCUT2D eigenvalue weighted by Crippen LogP contribution is 2.11.